The summed E-state index contributed by atoms with van der Waals surface area (Å²) < 4.78 is 5.58. The molecule has 1 N–H and O–H groups in total. The van der Waals surface area contributed by atoms with Gasteiger partial charge in [0.2, 0.25) is 0 Å². The summed E-state index contributed by atoms with van der Waals surface area (Å²) in [4.78, 5) is 23.3. The first-order chi connectivity index (χ1) is 9.03. The van der Waals surface area contributed by atoms with E-state index in [1.807, 2.05) is 0 Å². The number of halogens is 1. The first-order valence-electron chi connectivity index (χ1n) is 6.27. The van der Waals surface area contributed by atoms with Gasteiger partial charge in [-0.1, -0.05) is 11.6 Å². The smallest absolute Gasteiger partial charge is 0.317 e. The lowest BCUT2D eigenvalue weighted by Crippen LogP contribution is -2.25. The van der Waals surface area contributed by atoms with Gasteiger partial charge in [0, 0.05) is 5.56 Å². The van der Waals surface area contributed by atoms with Crippen LogP contribution in [0.4, 0.5) is 0 Å². The first kappa shape index (κ1) is 12.5. The van der Waals surface area contributed by atoms with Crippen molar-refractivity contribution in [1.82, 2.24) is 0 Å². The predicted octanol–water partition coefficient (Wildman–Crippen LogP) is 2.93. The van der Waals surface area contributed by atoms with Gasteiger partial charge in [-0.15, -0.1) is 0 Å². The van der Waals surface area contributed by atoms with Gasteiger partial charge >= 0.3 is 5.97 Å². The lowest BCUT2D eigenvalue weighted by atomic mass is 9.95. The Balaban J connectivity index is 1.83. The number of rotatable bonds is 5. The Bertz CT molecular complexity index is 559. The Morgan fingerprint density at radius 3 is 2.47 bits per heavy atom. The molecule has 2 saturated carbocycles. The standard InChI is InChI=1S/C14H13ClO4/c15-10-7-8(1-4-11(10)19-9-2-3-9)12(16)14(5-6-14)13(17)18/h1,4,7,9H,2-3,5-6H2,(H,17,18). The first-order valence-corrected chi connectivity index (χ1v) is 6.65. The summed E-state index contributed by atoms with van der Waals surface area (Å²) in [5, 5.41) is 9.47. The molecule has 0 atom stereocenters. The quantitative estimate of drug-likeness (QED) is 0.665. The number of ketones is 1. The molecule has 0 aliphatic heterocycles. The molecule has 100 valence electrons. The van der Waals surface area contributed by atoms with Crippen molar-refractivity contribution in [3.63, 3.8) is 0 Å². The van der Waals surface area contributed by atoms with Gasteiger partial charge in [-0.3, -0.25) is 9.59 Å². The Labute approximate surface area is 115 Å². The number of hydrogen-bond acceptors (Lipinski definition) is 3. The fourth-order valence-electron chi connectivity index (χ4n) is 2.04. The second-order valence-electron chi connectivity index (χ2n) is 5.18. The summed E-state index contributed by atoms with van der Waals surface area (Å²) in [5.74, 6) is -0.854. The molecule has 1 aromatic rings. The number of carboxylic acids is 1. The average Bonchev–Trinajstić information content (AvgIpc) is 3.25. The third kappa shape index (κ3) is 2.21. The molecule has 4 nitrogen and oxygen atoms in total. The number of aliphatic carboxylic acids is 1. The van der Waals surface area contributed by atoms with Gasteiger partial charge < -0.3 is 9.84 Å². The molecule has 0 unspecified atom stereocenters. The molecule has 2 aliphatic rings. The lowest BCUT2D eigenvalue weighted by Gasteiger charge is -2.11. The van der Waals surface area contributed by atoms with E-state index in [2.05, 4.69) is 0 Å². The zero-order valence-electron chi connectivity index (χ0n) is 10.2. The van der Waals surface area contributed by atoms with Crippen LogP contribution in [0, 0.1) is 5.41 Å². The third-order valence-corrected chi connectivity index (χ3v) is 3.90. The van der Waals surface area contributed by atoms with E-state index in [4.69, 9.17) is 21.4 Å². The molecular weight excluding hydrogens is 268 g/mol. The van der Waals surface area contributed by atoms with Crippen LogP contribution in [0.5, 0.6) is 5.75 Å². The number of carbonyl (C=O) groups is 2. The molecule has 3 rings (SSSR count). The molecular formula is C14H13ClO4. The molecule has 0 amide bonds. The van der Waals surface area contributed by atoms with Gasteiger partial charge in [-0.25, -0.2) is 0 Å². The lowest BCUT2D eigenvalue weighted by molar-refractivity contribution is -0.141. The Morgan fingerprint density at radius 1 is 1.32 bits per heavy atom. The minimum atomic E-state index is -1.22. The number of hydrogen-bond donors (Lipinski definition) is 1. The van der Waals surface area contributed by atoms with Gasteiger partial charge in [0.05, 0.1) is 11.1 Å². The Hall–Kier alpha value is -1.55. The minimum Gasteiger partial charge on any atom is -0.489 e. The average molecular weight is 281 g/mol. The third-order valence-electron chi connectivity index (χ3n) is 3.61. The molecule has 19 heavy (non-hydrogen) atoms. The van der Waals surface area contributed by atoms with E-state index in [1.54, 1.807) is 12.1 Å². The second-order valence-corrected chi connectivity index (χ2v) is 5.59. The second kappa shape index (κ2) is 4.23. The zero-order chi connectivity index (χ0) is 13.6. The molecule has 0 aromatic heterocycles. The largest absolute Gasteiger partial charge is 0.489 e. The molecule has 2 fully saturated rings. The molecule has 5 heteroatoms. The van der Waals surface area contributed by atoms with Crippen LogP contribution in [-0.4, -0.2) is 23.0 Å². The van der Waals surface area contributed by atoms with Crippen molar-refractivity contribution < 1.29 is 19.4 Å². The summed E-state index contributed by atoms with van der Waals surface area (Å²) in [7, 11) is 0. The summed E-state index contributed by atoms with van der Waals surface area (Å²) in [5.41, 5.74) is -0.879. The number of Topliss-reactive ketones (excluding diaryl/α,β-unsaturated/α-hetero) is 1. The summed E-state index contributed by atoms with van der Waals surface area (Å²) in [6.07, 6.45) is 3.09. The highest BCUT2D eigenvalue weighted by Crippen LogP contribution is 2.49. The van der Waals surface area contributed by atoms with Crippen LogP contribution in [0.25, 0.3) is 0 Å². The molecule has 0 heterocycles. The van der Waals surface area contributed by atoms with E-state index >= 15 is 0 Å². The number of carbonyl (C=O) groups excluding carboxylic acids is 1. The maximum atomic E-state index is 12.2. The van der Waals surface area contributed by atoms with Crippen molar-refractivity contribution in [2.45, 2.75) is 31.8 Å². The van der Waals surface area contributed by atoms with Crippen LogP contribution in [0.3, 0.4) is 0 Å². The van der Waals surface area contributed by atoms with Crippen LogP contribution in [-0.2, 0) is 4.79 Å². The van der Waals surface area contributed by atoms with Crippen LogP contribution in [0.15, 0.2) is 18.2 Å². The SMILES string of the molecule is O=C(O)C1(C(=O)c2ccc(OC3CC3)c(Cl)c2)CC1. The molecule has 0 bridgehead atoms. The maximum Gasteiger partial charge on any atom is 0.317 e. The fourth-order valence-corrected chi connectivity index (χ4v) is 2.27. The van der Waals surface area contributed by atoms with Crippen molar-refractivity contribution in [2.24, 2.45) is 5.41 Å². The molecule has 0 radical (unpaired) electrons. The highest BCUT2D eigenvalue weighted by atomic mass is 35.5. The number of ether oxygens (including phenoxy) is 1. The van der Waals surface area contributed by atoms with Crippen LogP contribution in [0.2, 0.25) is 5.02 Å². The summed E-state index contributed by atoms with van der Waals surface area (Å²) in [6, 6.07) is 4.74. The van der Waals surface area contributed by atoms with Crippen LogP contribution >= 0.6 is 11.6 Å². The van der Waals surface area contributed by atoms with Gasteiger partial charge in [-0.05, 0) is 43.9 Å². The van der Waals surface area contributed by atoms with E-state index in [0.29, 0.717) is 29.2 Å². The van der Waals surface area contributed by atoms with Crippen LogP contribution < -0.4 is 4.74 Å². The van der Waals surface area contributed by atoms with E-state index in [-0.39, 0.29) is 11.9 Å². The van der Waals surface area contributed by atoms with Gasteiger partial charge in [0.15, 0.2) is 5.78 Å². The van der Waals surface area contributed by atoms with E-state index in [0.717, 1.165) is 12.8 Å². The van der Waals surface area contributed by atoms with Crippen molar-refractivity contribution in [3.05, 3.63) is 28.8 Å². The zero-order valence-corrected chi connectivity index (χ0v) is 10.9. The van der Waals surface area contributed by atoms with E-state index in [1.165, 1.54) is 6.07 Å². The molecule has 0 saturated heterocycles. The Morgan fingerprint density at radius 2 is 2.00 bits per heavy atom. The van der Waals surface area contributed by atoms with Crippen molar-refractivity contribution in [1.29, 1.82) is 0 Å². The predicted molar refractivity (Wildman–Crippen MR) is 68.7 cm³/mol. The highest BCUT2D eigenvalue weighted by molar-refractivity contribution is 6.32. The van der Waals surface area contributed by atoms with E-state index < -0.39 is 11.4 Å². The topological polar surface area (TPSA) is 63.6 Å². The van der Waals surface area contributed by atoms with Crippen molar-refractivity contribution in [3.8, 4) is 5.75 Å². The van der Waals surface area contributed by atoms with Gasteiger partial charge in [0.1, 0.15) is 11.2 Å². The maximum absolute atomic E-state index is 12.2. The number of benzene rings is 1. The van der Waals surface area contributed by atoms with Gasteiger partial charge in [-0.2, -0.15) is 0 Å². The normalized spacial score (nSPS) is 19.8. The number of carboxylic acid groups (broad SMARTS) is 1. The summed E-state index contributed by atoms with van der Waals surface area (Å²) in [6.45, 7) is 0. The minimum absolute atomic E-state index is 0.229. The van der Waals surface area contributed by atoms with Crippen molar-refractivity contribution in [2.75, 3.05) is 0 Å². The fraction of sp³-hybridized carbons (Fsp3) is 0.429. The highest BCUT2D eigenvalue weighted by Gasteiger charge is 2.56. The molecule has 0 spiro atoms. The van der Waals surface area contributed by atoms with Crippen molar-refractivity contribution >= 4 is 23.4 Å². The van der Waals surface area contributed by atoms with Gasteiger partial charge in [0.25, 0.3) is 0 Å². The molecule has 2 aliphatic carbocycles. The van der Waals surface area contributed by atoms with E-state index in [9.17, 15) is 9.59 Å². The summed E-state index contributed by atoms with van der Waals surface area (Å²) >= 11 is 6.07. The molecule has 1 aromatic carbocycles. The Kier molecular flexibility index (Phi) is 2.78. The monoisotopic (exact) mass is 280 g/mol. The van der Waals surface area contributed by atoms with Crippen LogP contribution in [0.1, 0.15) is 36.0 Å².